The minimum Gasteiger partial charge on any atom is -0.359 e. The van der Waals surface area contributed by atoms with Gasteiger partial charge in [-0.15, -0.1) is 0 Å². The molecular formula is C22H22N4O3. The molecular weight excluding hydrogens is 368 g/mol. The van der Waals surface area contributed by atoms with Crippen LogP contribution in [0.5, 0.6) is 0 Å². The monoisotopic (exact) mass is 390 g/mol. The van der Waals surface area contributed by atoms with Gasteiger partial charge in [0.2, 0.25) is 0 Å². The van der Waals surface area contributed by atoms with Crippen LogP contribution in [-0.2, 0) is 5.41 Å². The number of carbonyl (C=O) groups is 2. The molecule has 29 heavy (non-hydrogen) atoms. The summed E-state index contributed by atoms with van der Waals surface area (Å²) < 4.78 is 5.24. The van der Waals surface area contributed by atoms with Crippen molar-refractivity contribution in [3.05, 3.63) is 77.8 Å². The number of nitrogens with zero attached hydrogens (tertiary/aromatic N) is 2. The normalized spacial score (nSPS) is 11.4. The largest absolute Gasteiger partial charge is 0.359 e. The quantitative estimate of drug-likeness (QED) is 0.477. The molecule has 7 nitrogen and oxygen atoms in total. The minimum atomic E-state index is -0.449. The van der Waals surface area contributed by atoms with Gasteiger partial charge in [0.25, 0.3) is 0 Å². The summed E-state index contributed by atoms with van der Waals surface area (Å²) in [4.78, 5) is 28.3. The van der Waals surface area contributed by atoms with Crippen molar-refractivity contribution in [3.8, 4) is 0 Å². The number of urea groups is 1. The molecule has 0 aliphatic heterocycles. The zero-order valence-corrected chi connectivity index (χ0v) is 16.5. The number of allylic oxidation sites excluding steroid dienone is 1. The Balaban J connectivity index is 1.57. The molecule has 0 radical (unpaired) electrons. The van der Waals surface area contributed by atoms with Crippen LogP contribution in [0.3, 0.4) is 0 Å². The van der Waals surface area contributed by atoms with E-state index in [0.717, 1.165) is 5.56 Å². The van der Waals surface area contributed by atoms with Crippen LogP contribution in [0.2, 0.25) is 0 Å². The Hall–Kier alpha value is -3.74. The highest BCUT2D eigenvalue weighted by Crippen LogP contribution is 2.24. The Morgan fingerprint density at radius 3 is 2.31 bits per heavy atom. The summed E-state index contributed by atoms with van der Waals surface area (Å²) >= 11 is 0. The van der Waals surface area contributed by atoms with Crippen molar-refractivity contribution in [1.29, 1.82) is 0 Å². The number of carbonyl (C=O) groups excluding carboxylic acids is 2. The summed E-state index contributed by atoms with van der Waals surface area (Å²) in [6.45, 7) is 5.98. The number of aromatic nitrogens is 2. The van der Waals surface area contributed by atoms with Gasteiger partial charge in [-0.1, -0.05) is 32.0 Å². The van der Waals surface area contributed by atoms with Gasteiger partial charge in [-0.25, -0.2) is 4.79 Å². The molecule has 7 heteroatoms. The van der Waals surface area contributed by atoms with E-state index in [1.807, 2.05) is 32.9 Å². The highest BCUT2D eigenvalue weighted by atomic mass is 16.5. The second kappa shape index (κ2) is 8.52. The van der Waals surface area contributed by atoms with Gasteiger partial charge in [0.15, 0.2) is 11.6 Å². The molecule has 0 unspecified atom stereocenters. The lowest BCUT2D eigenvalue weighted by molar-refractivity contribution is 0.104. The van der Waals surface area contributed by atoms with Gasteiger partial charge in [-0.05, 0) is 48.0 Å². The summed E-state index contributed by atoms with van der Waals surface area (Å²) in [6, 6.07) is 11.5. The van der Waals surface area contributed by atoms with Gasteiger partial charge in [-0.3, -0.25) is 15.1 Å². The van der Waals surface area contributed by atoms with Crippen LogP contribution in [0.1, 0.15) is 42.5 Å². The minimum absolute atomic E-state index is 0.130. The summed E-state index contributed by atoms with van der Waals surface area (Å²) in [5.74, 6) is 0.881. The maximum Gasteiger partial charge on any atom is 0.324 e. The smallest absolute Gasteiger partial charge is 0.324 e. The average Bonchev–Trinajstić information content (AvgIpc) is 3.16. The molecule has 0 saturated carbocycles. The lowest BCUT2D eigenvalue weighted by Gasteiger charge is -2.12. The fourth-order valence-electron chi connectivity index (χ4n) is 2.43. The SMILES string of the molecule is CC(C)(C)c1cc(NC(=O)Nc2ccc(C(=O)/C=C/c3ccncc3)cc2)no1. The third-order valence-electron chi connectivity index (χ3n) is 4.05. The molecule has 0 fully saturated rings. The van der Waals surface area contributed by atoms with E-state index in [9.17, 15) is 9.59 Å². The van der Waals surface area contributed by atoms with Gasteiger partial charge in [0.1, 0.15) is 5.76 Å². The molecule has 2 heterocycles. The van der Waals surface area contributed by atoms with Gasteiger partial charge < -0.3 is 9.84 Å². The van der Waals surface area contributed by atoms with E-state index in [4.69, 9.17) is 4.52 Å². The Morgan fingerprint density at radius 1 is 1.00 bits per heavy atom. The summed E-state index contributed by atoms with van der Waals surface area (Å²) in [7, 11) is 0. The molecule has 0 bridgehead atoms. The number of pyridine rings is 1. The fraction of sp³-hybridized carbons (Fsp3) is 0.182. The summed E-state index contributed by atoms with van der Waals surface area (Å²) in [5, 5.41) is 9.16. The topological polar surface area (TPSA) is 97.1 Å². The number of hydrogen-bond acceptors (Lipinski definition) is 5. The maximum absolute atomic E-state index is 12.3. The second-order valence-corrected chi connectivity index (χ2v) is 7.46. The van der Waals surface area contributed by atoms with E-state index in [-0.39, 0.29) is 11.2 Å². The van der Waals surface area contributed by atoms with Crippen molar-refractivity contribution in [2.75, 3.05) is 10.6 Å². The number of rotatable bonds is 5. The molecule has 3 rings (SSSR count). The van der Waals surface area contributed by atoms with Gasteiger partial charge >= 0.3 is 6.03 Å². The Morgan fingerprint density at radius 2 is 1.69 bits per heavy atom. The molecule has 0 aliphatic rings. The molecule has 0 atom stereocenters. The molecule has 2 N–H and O–H groups in total. The Labute approximate surface area is 168 Å². The van der Waals surface area contributed by atoms with Crippen LogP contribution in [0.4, 0.5) is 16.3 Å². The average molecular weight is 390 g/mol. The first-order valence-corrected chi connectivity index (χ1v) is 9.09. The van der Waals surface area contributed by atoms with Crippen molar-refractivity contribution in [1.82, 2.24) is 10.1 Å². The molecule has 2 aromatic heterocycles. The van der Waals surface area contributed by atoms with Crippen molar-refractivity contribution < 1.29 is 14.1 Å². The first kappa shape index (κ1) is 20.0. The molecule has 3 aromatic rings. The third kappa shape index (κ3) is 5.62. The number of amides is 2. The van der Waals surface area contributed by atoms with E-state index in [2.05, 4.69) is 20.8 Å². The standard InChI is InChI=1S/C22H22N4O3/c1-22(2,3)19-14-20(26-29-19)25-21(28)24-17-7-5-16(6-8-17)18(27)9-4-15-10-12-23-13-11-15/h4-14H,1-3H3,(H2,24,25,26,28)/b9-4+. The second-order valence-electron chi connectivity index (χ2n) is 7.46. The zero-order valence-electron chi connectivity index (χ0n) is 16.5. The molecule has 0 saturated heterocycles. The van der Waals surface area contributed by atoms with Crippen molar-refractivity contribution in [2.24, 2.45) is 0 Å². The molecule has 1 aromatic carbocycles. The first-order chi connectivity index (χ1) is 13.8. The molecule has 0 aliphatic carbocycles. The van der Waals surface area contributed by atoms with Crippen LogP contribution in [0.15, 0.2) is 65.5 Å². The summed E-state index contributed by atoms with van der Waals surface area (Å²) in [5.41, 5.74) is 1.77. The lowest BCUT2D eigenvalue weighted by Crippen LogP contribution is -2.19. The predicted octanol–water partition coefficient (Wildman–Crippen LogP) is 4.91. The van der Waals surface area contributed by atoms with E-state index < -0.39 is 6.03 Å². The lowest BCUT2D eigenvalue weighted by atomic mass is 9.93. The maximum atomic E-state index is 12.3. The Bertz CT molecular complexity index is 1020. The van der Waals surface area contributed by atoms with E-state index in [0.29, 0.717) is 22.8 Å². The molecule has 2 amide bonds. The van der Waals surface area contributed by atoms with Gasteiger partial charge in [0, 0.05) is 35.1 Å². The summed E-state index contributed by atoms with van der Waals surface area (Å²) in [6.07, 6.45) is 6.56. The number of anilines is 2. The van der Waals surface area contributed by atoms with E-state index >= 15 is 0 Å². The first-order valence-electron chi connectivity index (χ1n) is 9.09. The van der Waals surface area contributed by atoms with Crippen molar-refractivity contribution in [3.63, 3.8) is 0 Å². The van der Waals surface area contributed by atoms with Crippen molar-refractivity contribution in [2.45, 2.75) is 26.2 Å². The van der Waals surface area contributed by atoms with Crippen LogP contribution < -0.4 is 10.6 Å². The molecule has 0 spiro atoms. The third-order valence-corrected chi connectivity index (χ3v) is 4.05. The number of benzene rings is 1. The van der Waals surface area contributed by atoms with Crippen LogP contribution in [0, 0.1) is 0 Å². The predicted molar refractivity (Wildman–Crippen MR) is 112 cm³/mol. The van der Waals surface area contributed by atoms with Crippen LogP contribution >= 0.6 is 0 Å². The highest BCUT2D eigenvalue weighted by Gasteiger charge is 2.20. The molecule has 148 valence electrons. The highest BCUT2D eigenvalue weighted by molar-refractivity contribution is 6.07. The van der Waals surface area contributed by atoms with Gasteiger partial charge in [0.05, 0.1) is 0 Å². The van der Waals surface area contributed by atoms with E-state index in [1.165, 1.54) is 6.08 Å². The van der Waals surface area contributed by atoms with Crippen LogP contribution in [-0.4, -0.2) is 22.0 Å². The van der Waals surface area contributed by atoms with Crippen molar-refractivity contribution >= 4 is 29.4 Å². The van der Waals surface area contributed by atoms with E-state index in [1.54, 1.807) is 48.8 Å². The van der Waals surface area contributed by atoms with Crippen LogP contribution in [0.25, 0.3) is 6.08 Å². The Kier molecular flexibility index (Phi) is 5.87. The zero-order chi connectivity index (χ0) is 20.9. The number of ketones is 1. The number of nitrogens with one attached hydrogen (secondary N) is 2. The van der Waals surface area contributed by atoms with Gasteiger partial charge in [-0.2, -0.15) is 0 Å². The number of hydrogen-bond donors (Lipinski definition) is 2. The fourth-order valence-corrected chi connectivity index (χ4v) is 2.43.